The van der Waals surface area contributed by atoms with Crippen LogP contribution >= 0.6 is 0 Å². The number of hydrogen-bond donors (Lipinski definition) is 1. The maximum absolute atomic E-state index is 12.4. The van der Waals surface area contributed by atoms with Gasteiger partial charge in [0.05, 0.1) is 0 Å². The van der Waals surface area contributed by atoms with Crippen LogP contribution in [-0.2, 0) is 4.79 Å². The second-order valence-corrected chi connectivity index (χ2v) is 7.94. The van der Waals surface area contributed by atoms with Gasteiger partial charge in [-0.1, -0.05) is 72.3 Å². The van der Waals surface area contributed by atoms with Gasteiger partial charge in [0.15, 0.2) is 0 Å². The Balaban J connectivity index is 1.43. The molecule has 3 nitrogen and oxygen atoms in total. The van der Waals surface area contributed by atoms with Gasteiger partial charge in [-0.15, -0.1) is 0 Å². The van der Waals surface area contributed by atoms with Gasteiger partial charge in [0.25, 0.3) is 0 Å². The Morgan fingerprint density at radius 2 is 1.81 bits per heavy atom. The Bertz CT molecular complexity index is 793. The average molecular weight is 361 g/mol. The van der Waals surface area contributed by atoms with Crippen LogP contribution in [0.15, 0.2) is 60.7 Å². The molecule has 2 fully saturated rings. The molecule has 0 bridgehead atoms. The van der Waals surface area contributed by atoms with Gasteiger partial charge in [-0.3, -0.25) is 9.69 Å². The van der Waals surface area contributed by atoms with Crippen LogP contribution < -0.4 is 5.32 Å². The van der Waals surface area contributed by atoms with E-state index in [0.29, 0.717) is 5.92 Å². The van der Waals surface area contributed by atoms with Crippen molar-refractivity contribution < 1.29 is 4.79 Å². The molecule has 0 aromatic heterocycles. The zero-order chi connectivity index (χ0) is 18.6. The van der Waals surface area contributed by atoms with E-state index >= 15 is 0 Å². The summed E-state index contributed by atoms with van der Waals surface area (Å²) in [6.45, 7) is 4.92. The highest BCUT2D eigenvalue weighted by Gasteiger charge is 2.37. The summed E-state index contributed by atoms with van der Waals surface area (Å²) < 4.78 is 0. The van der Waals surface area contributed by atoms with E-state index in [0.717, 1.165) is 32.5 Å². The Morgan fingerprint density at radius 1 is 1.07 bits per heavy atom. The van der Waals surface area contributed by atoms with Gasteiger partial charge >= 0.3 is 0 Å². The Hall–Kier alpha value is -2.39. The van der Waals surface area contributed by atoms with E-state index in [4.69, 9.17) is 0 Å². The first-order valence-corrected chi connectivity index (χ1v) is 10.00. The van der Waals surface area contributed by atoms with Gasteiger partial charge in [-0.2, -0.15) is 0 Å². The van der Waals surface area contributed by atoms with Crippen molar-refractivity contribution in [1.82, 2.24) is 10.2 Å². The van der Waals surface area contributed by atoms with Crippen molar-refractivity contribution in [2.75, 3.05) is 19.6 Å². The molecule has 1 saturated heterocycles. The minimum atomic E-state index is 0.200. The fourth-order valence-corrected chi connectivity index (χ4v) is 3.88. The summed E-state index contributed by atoms with van der Waals surface area (Å²) in [5.74, 6) is 0.868. The van der Waals surface area contributed by atoms with E-state index in [2.05, 4.69) is 77.8 Å². The van der Waals surface area contributed by atoms with Crippen LogP contribution in [0.2, 0.25) is 0 Å². The normalized spacial score (nSPS) is 23.0. The van der Waals surface area contributed by atoms with Gasteiger partial charge in [0, 0.05) is 37.5 Å². The summed E-state index contributed by atoms with van der Waals surface area (Å²) in [4.78, 5) is 14.8. The molecular weight excluding hydrogens is 332 g/mol. The third-order valence-electron chi connectivity index (χ3n) is 5.65. The summed E-state index contributed by atoms with van der Waals surface area (Å²) in [6, 6.07) is 19.4. The number of nitrogens with one attached hydrogen (secondary N) is 1. The number of hydrogen-bond acceptors (Lipinski definition) is 2. The second-order valence-electron chi connectivity index (χ2n) is 7.94. The first-order valence-electron chi connectivity index (χ1n) is 10.00. The van der Waals surface area contributed by atoms with Gasteiger partial charge in [0.1, 0.15) is 0 Å². The maximum atomic E-state index is 12.4. The lowest BCUT2D eigenvalue weighted by atomic mass is 9.93. The molecule has 2 aromatic rings. The van der Waals surface area contributed by atoms with Crippen molar-refractivity contribution in [1.29, 1.82) is 0 Å². The van der Waals surface area contributed by atoms with Gasteiger partial charge in [0.2, 0.25) is 5.91 Å². The largest absolute Gasteiger partial charge is 0.351 e. The molecule has 0 spiro atoms. The molecule has 2 aliphatic rings. The molecule has 2 atom stereocenters. The highest BCUT2D eigenvalue weighted by atomic mass is 16.2. The van der Waals surface area contributed by atoms with E-state index in [1.807, 2.05) is 6.07 Å². The average Bonchev–Trinajstić information content (AvgIpc) is 3.46. The zero-order valence-electron chi connectivity index (χ0n) is 16.0. The fourth-order valence-electron chi connectivity index (χ4n) is 3.88. The van der Waals surface area contributed by atoms with Gasteiger partial charge in [-0.05, 0) is 30.9 Å². The number of likely N-dealkylation sites (tertiary alicyclic amines) is 1. The minimum absolute atomic E-state index is 0.200. The lowest BCUT2D eigenvalue weighted by molar-refractivity contribution is -0.123. The molecule has 140 valence electrons. The second kappa shape index (κ2) is 8.10. The molecule has 1 amide bonds. The number of carbonyl (C=O) groups excluding carboxylic acids is 1. The number of carbonyl (C=O) groups is 1. The Kier molecular flexibility index (Phi) is 5.40. The topological polar surface area (TPSA) is 32.3 Å². The number of aryl methyl sites for hydroxylation is 1. The summed E-state index contributed by atoms with van der Waals surface area (Å²) in [6.07, 6.45) is 6.51. The number of benzene rings is 2. The van der Waals surface area contributed by atoms with Gasteiger partial charge < -0.3 is 5.32 Å². The smallest absolute Gasteiger partial charge is 0.223 e. The summed E-state index contributed by atoms with van der Waals surface area (Å²) in [7, 11) is 0. The molecule has 4 rings (SSSR count). The van der Waals surface area contributed by atoms with Crippen molar-refractivity contribution in [2.45, 2.75) is 31.7 Å². The number of rotatable bonds is 6. The predicted molar refractivity (Wildman–Crippen MR) is 110 cm³/mol. The molecule has 0 unspecified atom stereocenters. The summed E-state index contributed by atoms with van der Waals surface area (Å²) >= 11 is 0. The van der Waals surface area contributed by atoms with Crippen LogP contribution in [0.25, 0.3) is 6.08 Å². The third-order valence-corrected chi connectivity index (χ3v) is 5.65. The molecule has 0 radical (unpaired) electrons. The zero-order valence-corrected chi connectivity index (χ0v) is 16.0. The van der Waals surface area contributed by atoms with Crippen molar-refractivity contribution >= 4 is 12.0 Å². The van der Waals surface area contributed by atoms with Gasteiger partial charge in [-0.25, -0.2) is 0 Å². The standard InChI is InChI=1S/C24H28N2O/c1-18-9-11-20(12-10-18)22-16-26(15-5-8-19-6-3-2-4-7-19)17-23(22)25-24(27)21-13-14-21/h2-12,21-23H,13-17H2,1H3,(H,25,27)/t22-,23+/m0/s1. The molecule has 2 aromatic carbocycles. The van der Waals surface area contributed by atoms with Crippen molar-refractivity contribution in [3.63, 3.8) is 0 Å². The summed E-state index contributed by atoms with van der Waals surface area (Å²) in [5, 5.41) is 3.34. The first-order chi connectivity index (χ1) is 13.2. The lowest BCUT2D eigenvalue weighted by Crippen LogP contribution is -2.40. The maximum Gasteiger partial charge on any atom is 0.223 e. The summed E-state index contributed by atoms with van der Waals surface area (Å²) in [5.41, 5.74) is 3.83. The molecule has 3 heteroatoms. The molecule has 1 N–H and O–H groups in total. The van der Waals surface area contributed by atoms with Crippen molar-refractivity contribution in [3.8, 4) is 0 Å². The van der Waals surface area contributed by atoms with E-state index < -0.39 is 0 Å². The number of nitrogens with zero attached hydrogens (tertiary/aromatic N) is 1. The van der Waals surface area contributed by atoms with Crippen molar-refractivity contribution in [3.05, 3.63) is 77.4 Å². The quantitative estimate of drug-likeness (QED) is 0.844. The minimum Gasteiger partial charge on any atom is -0.351 e. The molecule has 1 aliphatic heterocycles. The van der Waals surface area contributed by atoms with E-state index in [1.54, 1.807) is 0 Å². The molecule has 27 heavy (non-hydrogen) atoms. The first kappa shape index (κ1) is 18.0. The van der Waals surface area contributed by atoms with Crippen LogP contribution in [-0.4, -0.2) is 36.5 Å². The van der Waals surface area contributed by atoms with Crippen LogP contribution in [0.5, 0.6) is 0 Å². The predicted octanol–water partition coefficient (Wildman–Crippen LogP) is 4.00. The number of amides is 1. The van der Waals surface area contributed by atoms with E-state index in [-0.39, 0.29) is 17.9 Å². The monoisotopic (exact) mass is 360 g/mol. The van der Waals surface area contributed by atoms with Crippen LogP contribution in [0.3, 0.4) is 0 Å². The third kappa shape index (κ3) is 4.67. The molecule has 1 heterocycles. The van der Waals surface area contributed by atoms with Crippen LogP contribution in [0.1, 0.15) is 35.4 Å². The van der Waals surface area contributed by atoms with Crippen molar-refractivity contribution in [2.24, 2.45) is 5.92 Å². The fraction of sp³-hybridized carbons (Fsp3) is 0.375. The Morgan fingerprint density at radius 3 is 2.52 bits per heavy atom. The molecular formula is C24H28N2O. The van der Waals surface area contributed by atoms with E-state index in [1.165, 1.54) is 16.7 Å². The highest BCUT2D eigenvalue weighted by molar-refractivity contribution is 5.81. The molecule has 1 saturated carbocycles. The van der Waals surface area contributed by atoms with Crippen LogP contribution in [0.4, 0.5) is 0 Å². The van der Waals surface area contributed by atoms with E-state index in [9.17, 15) is 4.79 Å². The molecule has 1 aliphatic carbocycles. The highest BCUT2D eigenvalue weighted by Crippen LogP contribution is 2.32. The van der Waals surface area contributed by atoms with Crippen LogP contribution in [0, 0.1) is 12.8 Å². The SMILES string of the molecule is Cc1ccc([C@@H]2CN(CC=Cc3ccccc3)C[C@H]2NC(=O)C2CC2)cc1. The lowest BCUT2D eigenvalue weighted by Gasteiger charge is -2.20. The Labute approximate surface area is 162 Å².